The topological polar surface area (TPSA) is 3.24 Å². The Morgan fingerprint density at radius 2 is 1.62 bits per heavy atom. The largest absolute Gasteiger partial charge is 0.330 e. The first-order chi connectivity index (χ1) is 10.00. The monoisotopic (exact) mass is 299 g/mol. The third-order valence-electron chi connectivity index (χ3n) is 5.55. The molecule has 1 aliphatic heterocycles. The van der Waals surface area contributed by atoms with Crippen molar-refractivity contribution in [2.75, 3.05) is 23.1 Å². The number of hydrogen-bond acceptors (Lipinski definition) is 1. The van der Waals surface area contributed by atoms with Gasteiger partial charge in [-0.2, -0.15) is 10.2 Å². The molecule has 1 fully saturated rings. The Hall–Kier alpha value is -1.15. The fourth-order valence-electron chi connectivity index (χ4n) is 4.86. The molecule has 1 heterocycles. The van der Waals surface area contributed by atoms with Crippen molar-refractivity contribution in [2.24, 2.45) is 17.8 Å². The van der Waals surface area contributed by atoms with Crippen molar-refractivity contribution in [1.29, 1.82) is 0 Å². The standard InChI is InChI=1S/C19H25NS/c1-13-14-9-5-6-10-15(14)19-18(13)16-11-7-8-12-17(16)20(19)21(2,3)4/h5-15,18-19H,1-4H3. The summed E-state index contributed by atoms with van der Waals surface area (Å²) in [6.07, 6.45) is 16.7. The lowest BCUT2D eigenvalue weighted by Crippen LogP contribution is -2.38. The van der Waals surface area contributed by atoms with Crippen LogP contribution in [0.25, 0.3) is 0 Å². The average molecular weight is 299 g/mol. The molecule has 1 aromatic carbocycles. The van der Waals surface area contributed by atoms with E-state index in [1.807, 2.05) is 0 Å². The van der Waals surface area contributed by atoms with Crippen molar-refractivity contribution in [1.82, 2.24) is 0 Å². The maximum Gasteiger partial charge on any atom is 0.0530 e. The van der Waals surface area contributed by atoms with Gasteiger partial charge in [0, 0.05) is 17.5 Å². The van der Waals surface area contributed by atoms with E-state index >= 15 is 0 Å². The number of rotatable bonds is 1. The van der Waals surface area contributed by atoms with Crippen LogP contribution in [-0.2, 0) is 0 Å². The molecule has 0 radical (unpaired) electrons. The summed E-state index contributed by atoms with van der Waals surface area (Å²) in [5.41, 5.74) is 3.09. The number of benzene rings is 1. The molecule has 21 heavy (non-hydrogen) atoms. The highest BCUT2D eigenvalue weighted by molar-refractivity contribution is 8.33. The van der Waals surface area contributed by atoms with E-state index < -0.39 is 10.2 Å². The number of anilines is 1. The van der Waals surface area contributed by atoms with Crippen LogP contribution in [-0.4, -0.2) is 24.8 Å². The molecule has 5 unspecified atom stereocenters. The fourth-order valence-corrected chi connectivity index (χ4v) is 6.62. The van der Waals surface area contributed by atoms with Crippen LogP contribution in [0, 0.1) is 17.8 Å². The molecule has 0 amide bonds. The van der Waals surface area contributed by atoms with Crippen LogP contribution in [0.5, 0.6) is 0 Å². The second kappa shape index (κ2) is 4.42. The maximum absolute atomic E-state index is 2.79. The van der Waals surface area contributed by atoms with Crippen LogP contribution in [0.2, 0.25) is 0 Å². The molecule has 112 valence electrons. The van der Waals surface area contributed by atoms with Gasteiger partial charge in [-0.1, -0.05) is 49.4 Å². The lowest BCUT2D eigenvalue weighted by molar-refractivity contribution is 0.429. The minimum absolute atomic E-state index is 0.651. The number of allylic oxidation sites excluding steroid dienone is 3. The van der Waals surface area contributed by atoms with Crippen molar-refractivity contribution in [2.45, 2.75) is 18.9 Å². The lowest BCUT2D eigenvalue weighted by atomic mass is 9.84. The first kappa shape index (κ1) is 13.5. The van der Waals surface area contributed by atoms with E-state index in [1.165, 1.54) is 5.69 Å². The van der Waals surface area contributed by atoms with Gasteiger partial charge < -0.3 is 4.31 Å². The summed E-state index contributed by atoms with van der Waals surface area (Å²) < 4.78 is 2.79. The molecule has 0 bridgehead atoms. The highest BCUT2D eigenvalue weighted by Gasteiger charge is 2.55. The molecule has 3 aliphatic rings. The average Bonchev–Trinajstić information content (AvgIpc) is 2.93. The van der Waals surface area contributed by atoms with Crippen molar-refractivity contribution in [3.63, 3.8) is 0 Å². The van der Waals surface area contributed by atoms with Gasteiger partial charge >= 0.3 is 0 Å². The van der Waals surface area contributed by atoms with Crippen LogP contribution in [0.4, 0.5) is 5.69 Å². The predicted octanol–water partition coefficient (Wildman–Crippen LogP) is 4.58. The maximum atomic E-state index is 2.79. The van der Waals surface area contributed by atoms with Gasteiger partial charge in [0.25, 0.3) is 0 Å². The highest BCUT2D eigenvalue weighted by atomic mass is 32.3. The number of fused-ring (bicyclic) bond motifs is 5. The van der Waals surface area contributed by atoms with E-state index in [0.29, 0.717) is 23.8 Å². The molecule has 0 aromatic heterocycles. The van der Waals surface area contributed by atoms with Crippen molar-refractivity contribution < 1.29 is 0 Å². The van der Waals surface area contributed by atoms with Gasteiger partial charge in [0.15, 0.2) is 0 Å². The van der Waals surface area contributed by atoms with Crippen molar-refractivity contribution in [3.8, 4) is 0 Å². The molecule has 2 heteroatoms. The van der Waals surface area contributed by atoms with Gasteiger partial charge in [-0.05, 0) is 42.2 Å². The quantitative estimate of drug-likeness (QED) is 0.734. The third-order valence-corrected chi connectivity index (χ3v) is 7.17. The SMILES string of the molecule is CC1C2C=CC=CC2C2C1c1ccccc1N2S(C)(C)C. The third kappa shape index (κ3) is 1.78. The van der Waals surface area contributed by atoms with Gasteiger partial charge in [0.1, 0.15) is 0 Å². The van der Waals surface area contributed by atoms with E-state index in [9.17, 15) is 0 Å². The Balaban J connectivity index is 1.90. The van der Waals surface area contributed by atoms with Gasteiger partial charge in [-0.3, -0.25) is 0 Å². The number of hydrogen-bond donors (Lipinski definition) is 0. The highest BCUT2D eigenvalue weighted by Crippen LogP contribution is 2.63. The van der Waals surface area contributed by atoms with Crippen LogP contribution < -0.4 is 4.31 Å². The van der Waals surface area contributed by atoms with Crippen molar-refractivity contribution >= 4 is 15.9 Å². The second-order valence-corrected chi connectivity index (χ2v) is 11.4. The molecule has 0 N–H and O–H groups in total. The number of para-hydroxylation sites is 1. The molecular weight excluding hydrogens is 274 g/mol. The summed E-state index contributed by atoms with van der Waals surface area (Å²) in [5, 5.41) is 0. The van der Waals surface area contributed by atoms with Crippen molar-refractivity contribution in [3.05, 3.63) is 54.1 Å². The van der Waals surface area contributed by atoms with Crippen LogP contribution >= 0.6 is 10.2 Å². The second-order valence-electron chi connectivity index (χ2n) is 7.46. The normalized spacial score (nSPS) is 37.3. The molecule has 1 nitrogen and oxygen atoms in total. The minimum Gasteiger partial charge on any atom is -0.330 e. The van der Waals surface area contributed by atoms with Crippen LogP contribution in [0.3, 0.4) is 0 Å². The van der Waals surface area contributed by atoms with Gasteiger partial charge in [0.05, 0.1) is 6.04 Å². The Kier molecular flexibility index (Phi) is 2.85. The van der Waals surface area contributed by atoms with Gasteiger partial charge in [-0.15, -0.1) is 0 Å². The van der Waals surface area contributed by atoms with Gasteiger partial charge in [0.2, 0.25) is 0 Å². The molecule has 1 saturated carbocycles. The van der Waals surface area contributed by atoms with E-state index in [-0.39, 0.29) is 0 Å². The zero-order valence-corrected chi connectivity index (χ0v) is 14.2. The molecule has 0 saturated heterocycles. The van der Waals surface area contributed by atoms with Crippen LogP contribution in [0.1, 0.15) is 18.4 Å². The Morgan fingerprint density at radius 3 is 2.33 bits per heavy atom. The molecule has 5 atom stereocenters. The first-order valence-electron chi connectivity index (χ1n) is 7.92. The van der Waals surface area contributed by atoms with Gasteiger partial charge in [-0.25, -0.2) is 0 Å². The van der Waals surface area contributed by atoms with E-state index in [2.05, 4.69) is 78.6 Å². The molecule has 0 spiro atoms. The smallest absolute Gasteiger partial charge is 0.0530 e. The fraction of sp³-hybridized carbons (Fsp3) is 0.474. The molecular formula is C19H25NS. The minimum atomic E-state index is -0.769. The Labute approximate surface area is 130 Å². The summed E-state index contributed by atoms with van der Waals surface area (Å²) in [7, 11) is -0.769. The summed E-state index contributed by atoms with van der Waals surface area (Å²) in [4.78, 5) is 0. The predicted molar refractivity (Wildman–Crippen MR) is 95.2 cm³/mol. The van der Waals surface area contributed by atoms with E-state index in [4.69, 9.17) is 0 Å². The lowest BCUT2D eigenvalue weighted by Gasteiger charge is -2.45. The zero-order chi connectivity index (χ0) is 14.8. The summed E-state index contributed by atoms with van der Waals surface area (Å²) in [5.74, 6) is 2.81. The molecule has 2 aliphatic carbocycles. The molecule has 1 aromatic rings. The van der Waals surface area contributed by atoms with E-state index in [1.54, 1.807) is 5.56 Å². The molecule has 4 rings (SSSR count). The Morgan fingerprint density at radius 1 is 0.952 bits per heavy atom. The first-order valence-corrected chi connectivity index (χ1v) is 10.7. The summed E-state index contributed by atoms with van der Waals surface area (Å²) in [6.45, 7) is 2.46. The van der Waals surface area contributed by atoms with Crippen LogP contribution in [0.15, 0.2) is 48.6 Å². The number of nitrogens with zero attached hydrogens (tertiary/aromatic N) is 1. The summed E-state index contributed by atoms with van der Waals surface area (Å²) in [6, 6.07) is 9.79. The van der Waals surface area contributed by atoms with E-state index in [0.717, 1.165) is 5.92 Å². The Bertz CT molecular complexity index is 625. The zero-order valence-electron chi connectivity index (χ0n) is 13.4. The summed E-state index contributed by atoms with van der Waals surface area (Å²) >= 11 is 0.